The minimum absolute atomic E-state index is 0.633. The average Bonchev–Trinajstić information content (AvgIpc) is 2.83. The number of aliphatic imine (C=N–C) groups is 1. The number of nitrogens with zero attached hydrogens (tertiary/aromatic N) is 2. The molecule has 1 aromatic rings. The molecule has 1 aliphatic rings. The number of hydrogen-bond acceptors (Lipinski definition) is 2. The zero-order chi connectivity index (χ0) is 15.6. The summed E-state index contributed by atoms with van der Waals surface area (Å²) in [6.45, 7) is 6.29. The van der Waals surface area contributed by atoms with E-state index in [-0.39, 0.29) is 0 Å². The first-order valence-corrected chi connectivity index (χ1v) is 8.50. The molecule has 1 aromatic carbocycles. The van der Waals surface area contributed by atoms with Crippen LogP contribution in [0.2, 0.25) is 0 Å². The van der Waals surface area contributed by atoms with Crippen molar-refractivity contribution in [3.63, 3.8) is 0 Å². The molecule has 1 heterocycles. The highest BCUT2D eigenvalue weighted by atomic mass is 16.5. The van der Waals surface area contributed by atoms with Gasteiger partial charge < -0.3 is 15.4 Å². The third-order valence-electron chi connectivity index (χ3n) is 4.07. The molecule has 0 saturated carbocycles. The first-order chi connectivity index (χ1) is 10.8. The summed E-state index contributed by atoms with van der Waals surface area (Å²) in [4.78, 5) is 6.84. The highest BCUT2D eigenvalue weighted by Gasteiger charge is 2.11. The van der Waals surface area contributed by atoms with Crippen molar-refractivity contribution in [2.24, 2.45) is 10.7 Å². The highest BCUT2D eigenvalue weighted by Crippen LogP contribution is 2.13. The van der Waals surface area contributed by atoms with E-state index in [1.165, 1.54) is 36.8 Å². The zero-order valence-corrected chi connectivity index (χ0v) is 13.8. The molecular weight excluding hydrogens is 274 g/mol. The van der Waals surface area contributed by atoms with Gasteiger partial charge in [0.15, 0.2) is 5.96 Å². The summed E-state index contributed by atoms with van der Waals surface area (Å²) in [5.74, 6) is 0.686. The minimum atomic E-state index is 0.633. The molecule has 4 heteroatoms. The first kappa shape index (κ1) is 16.8. The fourth-order valence-corrected chi connectivity index (χ4v) is 2.74. The number of hydrogen-bond donors (Lipinski definition) is 1. The number of rotatable bonds is 6. The fourth-order valence-electron chi connectivity index (χ4n) is 2.74. The second kappa shape index (κ2) is 9.46. The van der Waals surface area contributed by atoms with Gasteiger partial charge in [-0.2, -0.15) is 0 Å². The predicted octanol–water partition coefficient (Wildman–Crippen LogP) is 3.30. The maximum Gasteiger partial charge on any atom is 0.191 e. The lowest BCUT2D eigenvalue weighted by Crippen LogP contribution is -2.38. The van der Waals surface area contributed by atoms with Gasteiger partial charge in [0.25, 0.3) is 0 Å². The van der Waals surface area contributed by atoms with Gasteiger partial charge in [-0.3, -0.25) is 0 Å². The van der Waals surface area contributed by atoms with Crippen LogP contribution in [0.1, 0.15) is 50.2 Å². The lowest BCUT2D eigenvalue weighted by atomic mass is 10.1. The molecule has 0 bridgehead atoms. The minimum Gasteiger partial charge on any atom is -0.377 e. The van der Waals surface area contributed by atoms with Gasteiger partial charge in [0.1, 0.15) is 0 Å². The van der Waals surface area contributed by atoms with Crippen LogP contribution in [0.15, 0.2) is 29.3 Å². The monoisotopic (exact) mass is 303 g/mol. The van der Waals surface area contributed by atoms with Gasteiger partial charge in [0, 0.05) is 19.7 Å². The molecule has 2 N–H and O–H groups in total. The Labute approximate surface area is 134 Å². The van der Waals surface area contributed by atoms with Gasteiger partial charge in [-0.05, 0) is 30.4 Å². The van der Waals surface area contributed by atoms with Crippen LogP contribution in [0.25, 0.3) is 0 Å². The second-order valence-electron chi connectivity index (χ2n) is 5.90. The van der Waals surface area contributed by atoms with E-state index in [1.807, 2.05) is 0 Å². The maximum absolute atomic E-state index is 6.18. The van der Waals surface area contributed by atoms with Gasteiger partial charge in [0.2, 0.25) is 0 Å². The van der Waals surface area contributed by atoms with E-state index >= 15 is 0 Å². The number of ether oxygens (including phenoxy) is 1. The normalized spacial score (nSPS) is 16.6. The number of guanidine groups is 1. The topological polar surface area (TPSA) is 50.9 Å². The van der Waals surface area contributed by atoms with Crippen molar-refractivity contribution in [1.29, 1.82) is 0 Å². The molecule has 0 radical (unpaired) electrons. The van der Waals surface area contributed by atoms with Crippen LogP contribution in [-0.2, 0) is 17.9 Å². The molecule has 0 spiro atoms. The number of likely N-dealkylation sites (tertiary alicyclic amines) is 1. The Kier molecular flexibility index (Phi) is 7.23. The summed E-state index contributed by atoms with van der Waals surface area (Å²) in [5, 5.41) is 0. The molecule has 1 saturated heterocycles. The van der Waals surface area contributed by atoms with Gasteiger partial charge in [-0.25, -0.2) is 4.99 Å². The third-order valence-corrected chi connectivity index (χ3v) is 4.07. The van der Waals surface area contributed by atoms with Crippen molar-refractivity contribution in [2.45, 2.75) is 52.2 Å². The Morgan fingerprint density at radius 1 is 1.14 bits per heavy atom. The van der Waals surface area contributed by atoms with Crippen molar-refractivity contribution in [2.75, 3.05) is 19.7 Å². The summed E-state index contributed by atoms with van der Waals surface area (Å²) < 4.78 is 5.66. The van der Waals surface area contributed by atoms with Crippen LogP contribution in [0.4, 0.5) is 0 Å². The van der Waals surface area contributed by atoms with E-state index in [4.69, 9.17) is 10.5 Å². The van der Waals surface area contributed by atoms with Crippen molar-refractivity contribution in [1.82, 2.24) is 4.90 Å². The molecular formula is C18H29N3O. The summed E-state index contributed by atoms with van der Waals surface area (Å²) in [6, 6.07) is 8.33. The van der Waals surface area contributed by atoms with Gasteiger partial charge >= 0.3 is 0 Å². The fraction of sp³-hybridized carbons (Fsp3) is 0.611. The van der Waals surface area contributed by atoms with Crippen LogP contribution < -0.4 is 5.73 Å². The lowest BCUT2D eigenvalue weighted by Gasteiger charge is -2.21. The highest BCUT2D eigenvalue weighted by molar-refractivity contribution is 5.78. The Hall–Kier alpha value is -1.55. The zero-order valence-electron chi connectivity index (χ0n) is 13.8. The van der Waals surface area contributed by atoms with E-state index < -0.39 is 0 Å². The van der Waals surface area contributed by atoms with E-state index in [2.05, 4.69) is 41.1 Å². The van der Waals surface area contributed by atoms with Crippen LogP contribution in [0.5, 0.6) is 0 Å². The molecule has 0 unspecified atom stereocenters. The van der Waals surface area contributed by atoms with Gasteiger partial charge in [-0.1, -0.05) is 44.0 Å². The molecule has 1 fully saturated rings. The van der Waals surface area contributed by atoms with E-state index in [1.54, 1.807) is 0 Å². The molecule has 4 nitrogen and oxygen atoms in total. The maximum atomic E-state index is 6.18. The number of benzene rings is 1. The SMILES string of the molecule is CCCOCc1ccccc1CN=C(N)N1CCCCCC1. The smallest absolute Gasteiger partial charge is 0.191 e. The summed E-state index contributed by atoms with van der Waals surface area (Å²) in [7, 11) is 0. The van der Waals surface area contributed by atoms with E-state index in [9.17, 15) is 0 Å². The van der Waals surface area contributed by atoms with Crippen molar-refractivity contribution >= 4 is 5.96 Å². The van der Waals surface area contributed by atoms with Crippen molar-refractivity contribution in [3.8, 4) is 0 Å². The van der Waals surface area contributed by atoms with Crippen LogP contribution in [0, 0.1) is 0 Å². The molecule has 2 rings (SSSR count). The Balaban J connectivity index is 1.95. The lowest BCUT2D eigenvalue weighted by molar-refractivity contribution is 0.121. The van der Waals surface area contributed by atoms with Crippen molar-refractivity contribution in [3.05, 3.63) is 35.4 Å². The van der Waals surface area contributed by atoms with E-state index in [0.29, 0.717) is 19.1 Å². The summed E-state index contributed by atoms with van der Waals surface area (Å²) >= 11 is 0. The second-order valence-corrected chi connectivity index (χ2v) is 5.90. The molecule has 0 aliphatic carbocycles. The van der Waals surface area contributed by atoms with Crippen molar-refractivity contribution < 1.29 is 4.74 Å². The Bertz CT molecular complexity index is 465. The molecule has 1 aliphatic heterocycles. The predicted molar refractivity (Wildman–Crippen MR) is 91.8 cm³/mol. The first-order valence-electron chi connectivity index (χ1n) is 8.50. The van der Waals surface area contributed by atoms with Gasteiger partial charge in [-0.15, -0.1) is 0 Å². The Morgan fingerprint density at radius 3 is 2.50 bits per heavy atom. The average molecular weight is 303 g/mol. The third kappa shape index (κ3) is 5.34. The summed E-state index contributed by atoms with van der Waals surface area (Å²) in [5.41, 5.74) is 8.60. The quantitative estimate of drug-likeness (QED) is 0.498. The van der Waals surface area contributed by atoms with Crippen LogP contribution in [-0.4, -0.2) is 30.6 Å². The molecule has 0 amide bonds. The summed E-state index contributed by atoms with van der Waals surface area (Å²) in [6.07, 6.45) is 6.10. The van der Waals surface area contributed by atoms with Crippen LogP contribution >= 0.6 is 0 Å². The largest absolute Gasteiger partial charge is 0.377 e. The molecule has 0 aromatic heterocycles. The Morgan fingerprint density at radius 2 is 1.82 bits per heavy atom. The number of nitrogens with two attached hydrogens (primary N) is 1. The molecule has 122 valence electrons. The van der Waals surface area contributed by atoms with Crippen LogP contribution in [0.3, 0.4) is 0 Å². The molecule has 0 atom stereocenters. The van der Waals surface area contributed by atoms with E-state index in [0.717, 1.165) is 26.1 Å². The van der Waals surface area contributed by atoms with Gasteiger partial charge in [0.05, 0.1) is 13.2 Å². The standard InChI is InChI=1S/C18H29N3O/c1-2-13-22-15-17-10-6-5-9-16(17)14-20-18(19)21-11-7-3-4-8-12-21/h5-6,9-10H,2-4,7-8,11-15H2,1H3,(H2,19,20). The molecule has 22 heavy (non-hydrogen) atoms.